The van der Waals surface area contributed by atoms with Crippen molar-refractivity contribution in [2.75, 3.05) is 0 Å². The van der Waals surface area contributed by atoms with Crippen LogP contribution in [0.3, 0.4) is 0 Å². The highest BCUT2D eigenvalue weighted by atomic mass is 79.9. The molecule has 0 atom stereocenters. The topological polar surface area (TPSA) is 63.3 Å². The molecule has 0 radical (unpaired) electrons. The minimum absolute atomic E-state index is 0.123. The first-order valence-electron chi connectivity index (χ1n) is 4.34. The number of hydrogen-bond donors (Lipinski definition) is 2. The van der Waals surface area contributed by atoms with E-state index in [-0.39, 0.29) is 11.0 Å². The normalized spacial score (nSPS) is 10.7. The Morgan fingerprint density at radius 2 is 1.68 bits per heavy atom. The maximum Gasteiger partial charge on any atom is 0.490 e. The Bertz CT molecular complexity index is 451. The molecule has 0 aliphatic heterocycles. The van der Waals surface area contributed by atoms with E-state index >= 15 is 0 Å². The van der Waals surface area contributed by atoms with Crippen LogP contribution in [-0.4, -0.2) is 17.3 Å². The summed E-state index contributed by atoms with van der Waals surface area (Å²) in [5, 5.41) is 7.12. The Morgan fingerprint density at radius 1 is 1.26 bits per heavy atom. The number of carbonyl (C=O) groups is 1. The van der Waals surface area contributed by atoms with Gasteiger partial charge in [0.05, 0.1) is 4.47 Å². The van der Waals surface area contributed by atoms with Gasteiger partial charge in [0.15, 0.2) is 11.6 Å². The number of halogens is 7. The summed E-state index contributed by atoms with van der Waals surface area (Å²) in [6.45, 7) is -0.367. The molecule has 3 N–H and O–H groups in total. The van der Waals surface area contributed by atoms with Gasteiger partial charge < -0.3 is 10.8 Å². The van der Waals surface area contributed by atoms with Crippen molar-refractivity contribution in [3.63, 3.8) is 0 Å². The molecule has 19 heavy (non-hydrogen) atoms. The molecule has 108 valence electrons. The van der Waals surface area contributed by atoms with Gasteiger partial charge in [0, 0.05) is 12.1 Å². The van der Waals surface area contributed by atoms with Crippen LogP contribution in [0.15, 0.2) is 10.5 Å². The molecular formula is C9H6BrF6NO2. The van der Waals surface area contributed by atoms with E-state index in [1.54, 1.807) is 0 Å². The maximum absolute atomic E-state index is 12.9. The Labute approximate surface area is 111 Å². The van der Waals surface area contributed by atoms with Gasteiger partial charge in [-0.3, -0.25) is 0 Å². The summed E-state index contributed by atoms with van der Waals surface area (Å²) in [7, 11) is 0. The lowest BCUT2D eigenvalue weighted by atomic mass is 10.2. The number of nitrogens with two attached hydrogens (primary N) is 1. The molecule has 1 rings (SSSR count). The first-order chi connectivity index (χ1) is 8.52. The van der Waals surface area contributed by atoms with Crippen molar-refractivity contribution in [3.8, 4) is 0 Å². The summed E-state index contributed by atoms with van der Waals surface area (Å²) < 4.78 is 69.8. The number of aliphatic carboxylic acids is 1. The predicted molar refractivity (Wildman–Crippen MR) is 55.6 cm³/mol. The highest BCUT2D eigenvalue weighted by Crippen LogP contribution is 2.23. The molecule has 0 aliphatic rings. The average Bonchev–Trinajstić information content (AvgIpc) is 2.27. The van der Waals surface area contributed by atoms with Crippen molar-refractivity contribution in [1.82, 2.24) is 0 Å². The monoisotopic (exact) mass is 353 g/mol. The Morgan fingerprint density at radius 3 is 2.00 bits per heavy atom. The highest BCUT2D eigenvalue weighted by Gasteiger charge is 2.38. The maximum atomic E-state index is 12.9. The molecule has 0 aliphatic carbocycles. The lowest BCUT2D eigenvalue weighted by Gasteiger charge is -2.03. The lowest BCUT2D eigenvalue weighted by Crippen LogP contribution is -2.21. The first kappa shape index (κ1) is 17.7. The standard InChI is InChI=1S/C7H5BrF3N.C2HF3O2/c8-4-1-5(9)7(11)3(2-12)6(4)10;3-2(4,5)1(6)7/h1H,2,12H2;(H,6,7). The second kappa shape index (κ2) is 6.75. The average molecular weight is 354 g/mol. The Hall–Kier alpha value is -1.29. The van der Waals surface area contributed by atoms with Crippen LogP contribution in [0.5, 0.6) is 0 Å². The fraction of sp³-hybridized carbons (Fsp3) is 0.222. The van der Waals surface area contributed by atoms with Crippen LogP contribution in [0.25, 0.3) is 0 Å². The van der Waals surface area contributed by atoms with Gasteiger partial charge in [-0.25, -0.2) is 18.0 Å². The minimum atomic E-state index is -5.08. The van der Waals surface area contributed by atoms with E-state index in [1.807, 2.05) is 0 Å². The van der Waals surface area contributed by atoms with Crippen LogP contribution in [0.2, 0.25) is 0 Å². The fourth-order valence-electron chi connectivity index (χ4n) is 0.802. The molecule has 0 saturated heterocycles. The van der Waals surface area contributed by atoms with E-state index in [4.69, 9.17) is 15.6 Å². The summed E-state index contributed by atoms with van der Waals surface area (Å²) in [4.78, 5) is 8.90. The van der Waals surface area contributed by atoms with E-state index in [0.29, 0.717) is 0 Å². The molecule has 0 bridgehead atoms. The summed E-state index contributed by atoms with van der Waals surface area (Å²) in [6, 6.07) is 0.726. The third kappa shape index (κ3) is 5.07. The van der Waals surface area contributed by atoms with E-state index in [9.17, 15) is 26.3 Å². The number of carboxylic acid groups (broad SMARTS) is 1. The van der Waals surface area contributed by atoms with Crippen LogP contribution in [0.1, 0.15) is 5.56 Å². The van der Waals surface area contributed by atoms with E-state index in [2.05, 4.69) is 15.9 Å². The van der Waals surface area contributed by atoms with Crippen molar-refractivity contribution >= 4 is 21.9 Å². The molecule has 3 nitrogen and oxygen atoms in total. The number of rotatable bonds is 1. The summed E-state index contributed by atoms with van der Waals surface area (Å²) in [5.41, 5.74) is 4.58. The zero-order valence-corrected chi connectivity index (χ0v) is 10.4. The van der Waals surface area contributed by atoms with E-state index in [1.165, 1.54) is 0 Å². The largest absolute Gasteiger partial charge is 0.490 e. The van der Waals surface area contributed by atoms with Gasteiger partial charge in [0.2, 0.25) is 0 Å². The van der Waals surface area contributed by atoms with Crippen molar-refractivity contribution < 1.29 is 36.2 Å². The van der Waals surface area contributed by atoms with Crippen LogP contribution >= 0.6 is 15.9 Å². The molecule has 0 fully saturated rings. The van der Waals surface area contributed by atoms with E-state index < -0.39 is 35.2 Å². The first-order valence-corrected chi connectivity index (χ1v) is 5.13. The smallest absolute Gasteiger partial charge is 0.475 e. The molecule has 0 spiro atoms. The summed E-state index contributed by atoms with van der Waals surface area (Å²) in [6.07, 6.45) is -5.08. The van der Waals surface area contributed by atoms with Gasteiger partial charge in [-0.2, -0.15) is 13.2 Å². The highest BCUT2D eigenvalue weighted by molar-refractivity contribution is 9.10. The van der Waals surface area contributed by atoms with Crippen LogP contribution in [-0.2, 0) is 11.3 Å². The van der Waals surface area contributed by atoms with Crippen LogP contribution in [0.4, 0.5) is 26.3 Å². The predicted octanol–water partition coefficient (Wildman–Crippen LogP) is 2.96. The van der Waals surface area contributed by atoms with Crippen molar-refractivity contribution in [1.29, 1.82) is 0 Å². The third-order valence-corrected chi connectivity index (χ3v) is 2.23. The SMILES string of the molecule is NCc1c(F)c(F)cc(Br)c1F.O=C(O)C(F)(F)F. The van der Waals surface area contributed by atoms with Gasteiger partial charge in [-0.1, -0.05) is 0 Å². The molecule has 1 aromatic rings. The molecule has 0 aromatic heterocycles. The number of benzene rings is 1. The molecule has 1 aromatic carbocycles. The molecule has 0 saturated carbocycles. The molecule has 0 heterocycles. The van der Waals surface area contributed by atoms with Gasteiger partial charge in [-0.05, 0) is 22.0 Å². The summed E-state index contributed by atoms with van der Waals surface area (Å²) in [5.74, 6) is -5.94. The van der Waals surface area contributed by atoms with Crippen LogP contribution < -0.4 is 5.73 Å². The Balaban J connectivity index is 0.000000399. The van der Waals surface area contributed by atoms with Crippen molar-refractivity contribution in [3.05, 3.63) is 33.6 Å². The number of carboxylic acids is 1. The van der Waals surface area contributed by atoms with Gasteiger partial charge >= 0.3 is 12.1 Å². The van der Waals surface area contributed by atoms with Crippen molar-refractivity contribution in [2.45, 2.75) is 12.7 Å². The van der Waals surface area contributed by atoms with E-state index in [0.717, 1.165) is 6.07 Å². The summed E-state index contributed by atoms with van der Waals surface area (Å²) >= 11 is 2.73. The minimum Gasteiger partial charge on any atom is -0.475 e. The second-order valence-corrected chi connectivity index (χ2v) is 3.81. The molecule has 0 unspecified atom stereocenters. The number of alkyl halides is 3. The lowest BCUT2D eigenvalue weighted by molar-refractivity contribution is -0.192. The second-order valence-electron chi connectivity index (χ2n) is 2.95. The fourth-order valence-corrected chi connectivity index (χ4v) is 1.24. The van der Waals surface area contributed by atoms with Gasteiger partial charge in [-0.15, -0.1) is 0 Å². The van der Waals surface area contributed by atoms with Gasteiger partial charge in [0.25, 0.3) is 0 Å². The van der Waals surface area contributed by atoms with Crippen molar-refractivity contribution in [2.24, 2.45) is 5.73 Å². The zero-order chi connectivity index (χ0) is 15.4. The quantitative estimate of drug-likeness (QED) is 0.602. The molecule has 10 heteroatoms. The Kier molecular flexibility index (Phi) is 6.30. The zero-order valence-electron chi connectivity index (χ0n) is 8.86. The molecular weight excluding hydrogens is 348 g/mol. The van der Waals surface area contributed by atoms with Gasteiger partial charge in [0.1, 0.15) is 5.82 Å². The molecule has 0 amide bonds. The van der Waals surface area contributed by atoms with Crippen LogP contribution in [0, 0.1) is 17.5 Å². The third-order valence-electron chi connectivity index (χ3n) is 1.65. The number of hydrogen-bond acceptors (Lipinski definition) is 2.